The van der Waals surface area contributed by atoms with Gasteiger partial charge >= 0.3 is 5.97 Å². The highest BCUT2D eigenvalue weighted by Gasteiger charge is 2.19. The average Bonchev–Trinajstić information content (AvgIpc) is 3.12. The molecule has 0 unspecified atom stereocenters. The summed E-state index contributed by atoms with van der Waals surface area (Å²) in [4.78, 5) is 28.4. The number of carbonyl (C=O) groups is 2. The molecule has 30 heavy (non-hydrogen) atoms. The third-order valence-corrected chi connectivity index (χ3v) is 5.11. The first kappa shape index (κ1) is 21.0. The molecule has 0 aliphatic heterocycles. The second kappa shape index (κ2) is 9.62. The van der Waals surface area contributed by atoms with Gasteiger partial charge < -0.3 is 15.4 Å². The topological polar surface area (TPSA) is 117 Å². The summed E-state index contributed by atoms with van der Waals surface area (Å²) in [5, 5.41) is 15.4. The summed E-state index contributed by atoms with van der Waals surface area (Å²) in [5.41, 5.74) is 3.00. The first-order valence-corrected chi connectivity index (χ1v) is 9.84. The van der Waals surface area contributed by atoms with Crippen LogP contribution in [0.25, 0.3) is 0 Å². The van der Waals surface area contributed by atoms with E-state index >= 15 is 0 Å². The van der Waals surface area contributed by atoms with Crippen molar-refractivity contribution >= 4 is 39.9 Å². The van der Waals surface area contributed by atoms with Gasteiger partial charge in [-0.15, -0.1) is 0 Å². The Bertz CT molecular complexity index is 1100. The van der Waals surface area contributed by atoms with Gasteiger partial charge in [0, 0.05) is 18.3 Å². The van der Waals surface area contributed by atoms with Gasteiger partial charge in [-0.2, -0.15) is 9.64 Å². The normalized spacial score (nSPS) is 10.2. The Hall–Kier alpha value is -3.77. The standard InChI is InChI=1S/C21H19N5O3S/c1-13-19(21(30-26-13)25-17-8-6-15(11-22)12-23-17)20(28)24-16-5-3-4-14(10-16)7-9-18(27)29-2/h3-6,8,10,12H,7,9H2,1-2H3,(H,23,25)(H,24,28). The number of nitrogens with zero attached hydrogens (tertiary/aromatic N) is 3. The lowest BCUT2D eigenvalue weighted by atomic mass is 10.1. The molecule has 1 aromatic carbocycles. The molecule has 2 aromatic heterocycles. The molecule has 152 valence electrons. The van der Waals surface area contributed by atoms with Crippen LogP contribution in [0.2, 0.25) is 0 Å². The van der Waals surface area contributed by atoms with E-state index in [0.717, 1.165) is 17.1 Å². The van der Waals surface area contributed by atoms with Gasteiger partial charge in [0.2, 0.25) is 0 Å². The molecular weight excluding hydrogens is 402 g/mol. The number of amides is 1. The summed E-state index contributed by atoms with van der Waals surface area (Å²) in [6.07, 6.45) is 2.25. The average molecular weight is 421 g/mol. The number of nitriles is 1. The molecule has 0 spiro atoms. The maximum absolute atomic E-state index is 12.9. The number of hydrogen-bond donors (Lipinski definition) is 2. The Morgan fingerprint density at radius 3 is 2.80 bits per heavy atom. The maximum Gasteiger partial charge on any atom is 0.305 e. The summed E-state index contributed by atoms with van der Waals surface area (Å²) in [7, 11) is 1.36. The van der Waals surface area contributed by atoms with E-state index in [4.69, 9.17) is 5.26 Å². The fraction of sp³-hybridized carbons (Fsp3) is 0.190. The van der Waals surface area contributed by atoms with Crippen LogP contribution in [0.5, 0.6) is 0 Å². The van der Waals surface area contributed by atoms with E-state index < -0.39 is 0 Å². The van der Waals surface area contributed by atoms with E-state index in [1.165, 1.54) is 13.3 Å². The Morgan fingerprint density at radius 1 is 1.27 bits per heavy atom. The van der Waals surface area contributed by atoms with Gasteiger partial charge in [0.25, 0.3) is 5.91 Å². The number of hydrogen-bond acceptors (Lipinski definition) is 8. The number of benzene rings is 1. The van der Waals surface area contributed by atoms with Crippen LogP contribution in [-0.2, 0) is 16.0 Å². The van der Waals surface area contributed by atoms with Crippen molar-refractivity contribution in [2.24, 2.45) is 0 Å². The number of methoxy groups -OCH3 is 1. The smallest absolute Gasteiger partial charge is 0.305 e. The number of aryl methyl sites for hydroxylation is 2. The number of pyridine rings is 1. The summed E-state index contributed by atoms with van der Waals surface area (Å²) < 4.78 is 8.93. The quantitative estimate of drug-likeness (QED) is 0.557. The van der Waals surface area contributed by atoms with E-state index in [0.29, 0.717) is 39.7 Å². The molecule has 0 bridgehead atoms. The van der Waals surface area contributed by atoms with Gasteiger partial charge in [0.15, 0.2) is 0 Å². The molecule has 8 nitrogen and oxygen atoms in total. The SMILES string of the molecule is COC(=O)CCc1cccc(NC(=O)c2c(C)nsc2Nc2ccc(C#N)cn2)c1. The molecule has 9 heteroatoms. The van der Waals surface area contributed by atoms with Crippen molar-refractivity contribution in [1.29, 1.82) is 5.26 Å². The minimum Gasteiger partial charge on any atom is -0.469 e. The largest absolute Gasteiger partial charge is 0.469 e. The molecule has 2 heterocycles. The van der Waals surface area contributed by atoms with Crippen molar-refractivity contribution in [2.75, 3.05) is 17.7 Å². The second-order valence-electron chi connectivity index (χ2n) is 6.37. The maximum atomic E-state index is 12.9. The molecule has 0 aliphatic rings. The van der Waals surface area contributed by atoms with Crippen LogP contribution in [0, 0.1) is 18.3 Å². The van der Waals surface area contributed by atoms with Crippen LogP contribution in [0.15, 0.2) is 42.6 Å². The number of esters is 1. The Kier molecular flexibility index (Phi) is 6.72. The zero-order valence-corrected chi connectivity index (χ0v) is 17.2. The highest BCUT2D eigenvalue weighted by Crippen LogP contribution is 2.28. The lowest BCUT2D eigenvalue weighted by Crippen LogP contribution is -2.14. The van der Waals surface area contributed by atoms with Gasteiger partial charge in [0.1, 0.15) is 16.9 Å². The second-order valence-corrected chi connectivity index (χ2v) is 7.15. The molecular formula is C21H19N5O3S. The van der Waals surface area contributed by atoms with Gasteiger partial charge in [-0.25, -0.2) is 4.98 Å². The van der Waals surface area contributed by atoms with Crippen LogP contribution in [0.3, 0.4) is 0 Å². The molecule has 3 rings (SSSR count). The molecule has 3 aromatic rings. The van der Waals surface area contributed by atoms with Gasteiger partial charge in [-0.05, 0) is 54.7 Å². The third-order valence-electron chi connectivity index (χ3n) is 4.25. The summed E-state index contributed by atoms with van der Waals surface area (Å²) in [6.45, 7) is 1.76. The summed E-state index contributed by atoms with van der Waals surface area (Å²) >= 11 is 1.16. The van der Waals surface area contributed by atoms with Crippen LogP contribution < -0.4 is 10.6 Å². The molecule has 1 amide bonds. The monoisotopic (exact) mass is 421 g/mol. The molecule has 0 fully saturated rings. The van der Waals surface area contributed by atoms with Crippen molar-refractivity contribution in [2.45, 2.75) is 19.8 Å². The van der Waals surface area contributed by atoms with Crippen molar-refractivity contribution < 1.29 is 14.3 Å². The van der Waals surface area contributed by atoms with Crippen LogP contribution in [0.1, 0.15) is 33.6 Å². The van der Waals surface area contributed by atoms with E-state index in [-0.39, 0.29) is 18.3 Å². The minimum absolute atomic E-state index is 0.271. The van der Waals surface area contributed by atoms with E-state index in [1.54, 1.807) is 25.1 Å². The number of carbonyl (C=O) groups excluding carboxylic acids is 2. The number of nitrogens with one attached hydrogen (secondary N) is 2. The van der Waals surface area contributed by atoms with E-state index in [9.17, 15) is 9.59 Å². The number of rotatable bonds is 7. The third kappa shape index (κ3) is 5.18. The Morgan fingerprint density at radius 2 is 2.10 bits per heavy atom. The zero-order valence-electron chi connectivity index (χ0n) is 16.4. The molecule has 0 saturated carbocycles. The Labute approximate surface area is 177 Å². The minimum atomic E-state index is -0.303. The predicted molar refractivity (Wildman–Crippen MR) is 114 cm³/mol. The molecule has 0 saturated heterocycles. The van der Waals surface area contributed by atoms with Crippen LogP contribution in [0.4, 0.5) is 16.5 Å². The highest BCUT2D eigenvalue weighted by atomic mass is 32.1. The lowest BCUT2D eigenvalue weighted by Gasteiger charge is -2.09. The summed E-state index contributed by atoms with van der Waals surface area (Å²) in [6, 6.07) is 12.6. The van der Waals surface area contributed by atoms with Crippen molar-refractivity contribution in [1.82, 2.24) is 9.36 Å². The van der Waals surface area contributed by atoms with Crippen LogP contribution in [-0.4, -0.2) is 28.3 Å². The van der Waals surface area contributed by atoms with Crippen molar-refractivity contribution in [3.8, 4) is 6.07 Å². The van der Waals surface area contributed by atoms with Gasteiger partial charge in [-0.3, -0.25) is 9.59 Å². The molecule has 2 N–H and O–H groups in total. The van der Waals surface area contributed by atoms with Crippen molar-refractivity contribution in [3.05, 3.63) is 65.0 Å². The Balaban J connectivity index is 1.73. The number of anilines is 3. The predicted octanol–water partition coefficient (Wildman–Crippen LogP) is 3.82. The molecule has 0 aliphatic carbocycles. The van der Waals surface area contributed by atoms with Gasteiger partial charge in [-0.1, -0.05) is 12.1 Å². The molecule has 0 radical (unpaired) electrons. The fourth-order valence-corrected chi connectivity index (χ4v) is 3.52. The number of ether oxygens (including phenoxy) is 1. The van der Waals surface area contributed by atoms with E-state index in [2.05, 4.69) is 24.7 Å². The molecule has 0 atom stereocenters. The first-order valence-electron chi connectivity index (χ1n) is 9.06. The first-order chi connectivity index (χ1) is 14.5. The number of aromatic nitrogens is 2. The van der Waals surface area contributed by atoms with Gasteiger partial charge in [0.05, 0.1) is 23.9 Å². The zero-order chi connectivity index (χ0) is 21.5. The lowest BCUT2D eigenvalue weighted by molar-refractivity contribution is -0.140. The van der Waals surface area contributed by atoms with Crippen molar-refractivity contribution in [3.63, 3.8) is 0 Å². The highest BCUT2D eigenvalue weighted by molar-refractivity contribution is 7.10. The fourth-order valence-electron chi connectivity index (χ4n) is 2.72. The van der Waals surface area contributed by atoms with Crippen LogP contribution >= 0.6 is 11.5 Å². The van der Waals surface area contributed by atoms with E-state index in [1.807, 2.05) is 24.3 Å². The summed E-state index contributed by atoms with van der Waals surface area (Å²) in [5.74, 6) is -0.0736.